The van der Waals surface area contributed by atoms with E-state index in [-0.39, 0.29) is 10.7 Å². The van der Waals surface area contributed by atoms with E-state index in [2.05, 4.69) is 11.0 Å². The third-order valence-electron chi connectivity index (χ3n) is 4.79. The Morgan fingerprint density at radius 2 is 1.92 bits per heavy atom. The summed E-state index contributed by atoms with van der Waals surface area (Å²) in [4.78, 5) is 2.03. The highest BCUT2D eigenvalue weighted by Gasteiger charge is 2.22. The Kier molecular flexibility index (Phi) is 5.25. The molecule has 136 valence electrons. The molecule has 1 saturated heterocycles. The van der Waals surface area contributed by atoms with Gasteiger partial charge in [-0.15, -0.1) is 0 Å². The first-order valence-electron chi connectivity index (χ1n) is 8.43. The zero-order valence-corrected chi connectivity index (χ0v) is 15.0. The monoisotopic (exact) mass is 373 g/mol. The smallest absolute Gasteiger partial charge is 0.238 e. The van der Waals surface area contributed by atoms with Crippen LogP contribution in [0.5, 0.6) is 0 Å². The van der Waals surface area contributed by atoms with Crippen LogP contribution in [0.4, 0.5) is 10.1 Å². The molecule has 2 aromatic rings. The summed E-state index contributed by atoms with van der Waals surface area (Å²) in [6.07, 6.45) is 2.69. The molecule has 0 aliphatic carbocycles. The fourth-order valence-corrected chi connectivity index (χ4v) is 3.97. The van der Waals surface area contributed by atoms with Crippen molar-refractivity contribution in [1.82, 2.24) is 0 Å². The van der Waals surface area contributed by atoms with Crippen molar-refractivity contribution < 1.29 is 12.8 Å². The number of nitrogens with zero attached hydrogens (tertiary/aromatic N) is 2. The number of hydrogen-bond donors (Lipinski definition) is 1. The maximum Gasteiger partial charge on any atom is 0.238 e. The minimum absolute atomic E-state index is 0.0567. The lowest BCUT2D eigenvalue weighted by Gasteiger charge is -2.34. The van der Waals surface area contributed by atoms with Gasteiger partial charge in [0.25, 0.3) is 0 Å². The van der Waals surface area contributed by atoms with Gasteiger partial charge in [-0.2, -0.15) is 5.26 Å². The lowest BCUT2D eigenvalue weighted by atomic mass is 9.90. The van der Waals surface area contributed by atoms with Crippen molar-refractivity contribution in [1.29, 1.82) is 5.26 Å². The van der Waals surface area contributed by atoms with Crippen LogP contribution >= 0.6 is 0 Å². The summed E-state index contributed by atoms with van der Waals surface area (Å²) in [6.45, 7) is 1.53. The predicted molar refractivity (Wildman–Crippen MR) is 97.6 cm³/mol. The molecule has 1 fully saturated rings. The molecule has 0 unspecified atom stereocenters. The van der Waals surface area contributed by atoms with Crippen molar-refractivity contribution in [3.05, 3.63) is 59.4 Å². The van der Waals surface area contributed by atoms with Crippen LogP contribution in [0.1, 0.15) is 24.0 Å². The molecule has 26 heavy (non-hydrogen) atoms. The lowest BCUT2D eigenvalue weighted by Crippen LogP contribution is -2.34. The first kappa shape index (κ1) is 18.4. The second-order valence-electron chi connectivity index (χ2n) is 6.60. The van der Waals surface area contributed by atoms with Crippen LogP contribution in [0.15, 0.2) is 47.4 Å². The number of piperidine rings is 1. The minimum atomic E-state index is -3.83. The fourth-order valence-electron chi connectivity index (χ4n) is 3.43. The van der Waals surface area contributed by atoms with Crippen molar-refractivity contribution in [3.63, 3.8) is 0 Å². The third kappa shape index (κ3) is 4.21. The molecule has 2 N–H and O–H groups in total. The number of anilines is 1. The Hall–Kier alpha value is -2.43. The van der Waals surface area contributed by atoms with E-state index in [0.717, 1.165) is 43.6 Å². The molecule has 2 aromatic carbocycles. The van der Waals surface area contributed by atoms with E-state index in [1.807, 2.05) is 6.07 Å². The van der Waals surface area contributed by atoms with Crippen molar-refractivity contribution >= 4 is 15.7 Å². The summed E-state index contributed by atoms with van der Waals surface area (Å²) in [5, 5.41) is 14.5. The number of primary sulfonamides is 1. The number of nitriles is 1. The maximum atomic E-state index is 13.3. The molecule has 5 nitrogen and oxygen atoms in total. The molecule has 3 rings (SSSR count). The highest BCUT2D eigenvalue weighted by Crippen LogP contribution is 2.29. The average molecular weight is 373 g/mol. The van der Waals surface area contributed by atoms with Crippen LogP contribution in [0, 0.1) is 23.1 Å². The summed E-state index contributed by atoms with van der Waals surface area (Å²) < 4.78 is 36.2. The van der Waals surface area contributed by atoms with Gasteiger partial charge in [0, 0.05) is 13.1 Å². The van der Waals surface area contributed by atoms with Gasteiger partial charge in [0.1, 0.15) is 11.9 Å². The standard InChI is InChI=1S/C19H20FN3O2S/c20-17-3-1-2-15(11-17)10-14-6-8-23(9-7-14)19-5-4-18(26(22,24)25)12-16(19)13-21/h1-5,11-12,14H,6-10H2,(H2,22,24,25). The molecule has 0 radical (unpaired) electrons. The maximum absolute atomic E-state index is 13.3. The van der Waals surface area contributed by atoms with E-state index >= 15 is 0 Å². The minimum Gasteiger partial charge on any atom is -0.370 e. The second-order valence-corrected chi connectivity index (χ2v) is 8.16. The third-order valence-corrected chi connectivity index (χ3v) is 5.70. The number of halogens is 1. The summed E-state index contributed by atoms with van der Waals surface area (Å²) in [6, 6.07) is 13.1. The van der Waals surface area contributed by atoms with Gasteiger partial charge in [-0.3, -0.25) is 0 Å². The fraction of sp³-hybridized carbons (Fsp3) is 0.316. The molecular formula is C19H20FN3O2S. The van der Waals surface area contributed by atoms with Gasteiger partial charge in [-0.25, -0.2) is 17.9 Å². The lowest BCUT2D eigenvalue weighted by molar-refractivity contribution is 0.403. The van der Waals surface area contributed by atoms with Crippen LogP contribution in [-0.4, -0.2) is 21.5 Å². The van der Waals surface area contributed by atoms with Crippen LogP contribution in [0.3, 0.4) is 0 Å². The van der Waals surface area contributed by atoms with Crippen LogP contribution < -0.4 is 10.0 Å². The highest BCUT2D eigenvalue weighted by molar-refractivity contribution is 7.89. The molecular weight excluding hydrogens is 353 g/mol. The summed E-state index contributed by atoms with van der Waals surface area (Å²) in [7, 11) is -3.83. The van der Waals surface area contributed by atoms with Gasteiger partial charge < -0.3 is 4.90 Å². The number of sulfonamides is 1. The van der Waals surface area contributed by atoms with Gasteiger partial charge in [-0.05, 0) is 61.1 Å². The van der Waals surface area contributed by atoms with E-state index in [9.17, 15) is 18.1 Å². The van der Waals surface area contributed by atoms with Crippen LogP contribution in [0.25, 0.3) is 0 Å². The number of nitrogens with two attached hydrogens (primary N) is 1. The van der Waals surface area contributed by atoms with E-state index in [1.54, 1.807) is 18.2 Å². The Morgan fingerprint density at radius 1 is 1.19 bits per heavy atom. The number of rotatable bonds is 4. The summed E-state index contributed by atoms with van der Waals surface area (Å²) in [5.41, 5.74) is 2.03. The van der Waals surface area contributed by atoms with E-state index in [1.165, 1.54) is 18.2 Å². The van der Waals surface area contributed by atoms with Crippen molar-refractivity contribution in [2.24, 2.45) is 11.1 Å². The molecule has 0 amide bonds. The van der Waals surface area contributed by atoms with Gasteiger partial charge in [0.2, 0.25) is 10.0 Å². The van der Waals surface area contributed by atoms with E-state index in [4.69, 9.17) is 5.14 Å². The molecule has 1 heterocycles. The van der Waals surface area contributed by atoms with Crippen LogP contribution in [0.2, 0.25) is 0 Å². The Bertz CT molecular complexity index is 945. The zero-order valence-electron chi connectivity index (χ0n) is 14.2. The topological polar surface area (TPSA) is 87.2 Å². The zero-order chi connectivity index (χ0) is 18.7. The molecule has 0 atom stereocenters. The SMILES string of the molecule is N#Cc1cc(S(N)(=O)=O)ccc1N1CCC(Cc2cccc(F)c2)CC1. The summed E-state index contributed by atoms with van der Waals surface area (Å²) >= 11 is 0. The molecule has 0 aromatic heterocycles. The largest absolute Gasteiger partial charge is 0.370 e. The van der Waals surface area contributed by atoms with E-state index < -0.39 is 10.0 Å². The first-order chi connectivity index (χ1) is 12.4. The molecule has 1 aliphatic rings. The molecule has 0 saturated carbocycles. The predicted octanol–water partition coefficient (Wildman–Crippen LogP) is 2.80. The normalized spacial score (nSPS) is 15.7. The number of benzene rings is 2. The molecule has 7 heteroatoms. The molecule has 0 bridgehead atoms. The quantitative estimate of drug-likeness (QED) is 0.893. The summed E-state index contributed by atoms with van der Waals surface area (Å²) in [5.74, 6) is 0.246. The number of hydrogen-bond acceptors (Lipinski definition) is 4. The average Bonchev–Trinajstić information content (AvgIpc) is 2.61. The van der Waals surface area contributed by atoms with Gasteiger partial charge in [0.05, 0.1) is 16.1 Å². The van der Waals surface area contributed by atoms with Crippen molar-refractivity contribution in [2.45, 2.75) is 24.2 Å². The van der Waals surface area contributed by atoms with Crippen LogP contribution in [-0.2, 0) is 16.4 Å². The highest BCUT2D eigenvalue weighted by atomic mass is 32.2. The van der Waals surface area contributed by atoms with Crippen molar-refractivity contribution in [2.75, 3.05) is 18.0 Å². The Labute approximate surface area is 152 Å². The Morgan fingerprint density at radius 3 is 2.54 bits per heavy atom. The Balaban J connectivity index is 1.69. The van der Waals surface area contributed by atoms with E-state index in [0.29, 0.717) is 11.5 Å². The first-order valence-corrected chi connectivity index (χ1v) is 9.98. The van der Waals surface area contributed by atoms with Gasteiger partial charge >= 0.3 is 0 Å². The second kappa shape index (κ2) is 7.44. The van der Waals surface area contributed by atoms with Gasteiger partial charge in [-0.1, -0.05) is 12.1 Å². The molecule has 1 aliphatic heterocycles. The van der Waals surface area contributed by atoms with Crippen molar-refractivity contribution in [3.8, 4) is 6.07 Å². The molecule has 0 spiro atoms. The van der Waals surface area contributed by atoms with Gasteiger partial charge in [0.15, 0.2) is 0 Å².